The predicted molar refractivity (Wildman–Crippen MR) is 103 cm³/mol. The van der Waals surface area contributed by atoms with Crippen molar-refractivity contribution in [1.29, 1.82) is 0 Å². The molecule has 0 aromatic heterocycles. The van der Waals surface area contributed by atoms with Crippen LogP contribution in [0.3, 0.4) is 0 Å². The van der Waals surface area contributed by atoms with Gasteiger partial charge < -0.3 is 15.0 Å². The van der Waals surface area contributed by atoms with Crippen molar-refractivity contribution in [3.8, 4) is 0 Å². The standard InChI is InChI=1S/C21H23F3N2O3/c1-2-29-19(27)13-15-26(14-12-16-8-4-3-5-9-16)20(28)25-18-11-7-6-10-17(18)21(22,23)24/h3-11H,2,12-15H2,1H3,(H,25,28). The fourth-order valence-electron chi connectivity index (χ4n) is 2.72. The fourth-order valence-corrected chi connectivity index (χ4v) is 2.72. The van der Waals surface area contributed by atoms with Crippen LogP contribution in [0.15, 0.2) is 54.6 Å². The molecular formula is C21H23F3N2O3. The van der Waals surface area contributed by atoms with Crippen LogP contribution in [0.1, 0.15) is 24.5 Å². The zero-order chi connectivity index (χ0) is 21.3. The maximum Gasteiger partial charge on any atom is 0.418 e. The molecule has 0 saturated carbocycles. The van der Waals surface area contributed by atoms with Crippen LogP contribution < -0.4 is 5.32 Å². The van der Waals surface area contributed by atoms with Gasteiger partial charge in [0, 0.05) is 13.1 Å². The molecule has 0 atom stereocenters. The van der Waals surface area contributed by atoms with E-state index in [-0.39, 0.29) is 31.8 Å². The number of alkyl halides is 3. The van der Waals surface area contributed by atoms with E-state index in [1.54, 1.807) is 6.92 Å². The summed E-state index contributed by atoms with van der Waals surface area (Å²) in [5, 5.41) is 2.32. The summed E-state index contributed by atoms with van der Waals surface area (Å²) in [6, 6.07) is 13.4. The van der Waals surface area contributed by atoms with Crippen molar-refractivity contribution in [3.05, 3.63) is 65.7 Å². The molecule has 8 heteroatoms. The van der Waals surface area contributed by atoms with E-state index in [0.717, 1.165) is 11.6 Å². The van der Waals surface area contributed by atoms with Crippen molar-refractivity contribution in [2.24, 2.45) is 0 Å². The van der Waals surface area contributed by atoms with Crippen molar-refractivity contribution in [3.63, 3.8) is 0 Å². The highest BCUT2D eigenvalue weighted by atomic mass is 19.4. The molecule has 0 unspecified atom stereocenters. The van der Waals surface area contributed by atoms with Crippen LogP contribution in [0.4, 0.5) is 23.7 Å². The van der Waals surface area contributed by atoms with E-state index in [1.807, 2.05) is 30.3 Å². The number of amides is 2. The van der Waals surface area contributed by atoms with E-state index >= 15 is 0 Å². The van der Waals surface area contributed by atoms with Crippen molar-refractivity contribution in [1.82, 2.24) is 4.90 Å². The summed E-state index contributed by atoms with van der Waals surface area (Å²) in [4.78, 5) is 25.7. The SMILES string of the molecule is CCOC(=O)CCN(CCc1ccccc1)C(=O)Nc1ccccc1C(F)(F)F. The van der Waals surface area contributed by atoms with E-state index in [9.17, 15) is 22.8 Å². The van der Waals surface area contributed by atoms with Gasteiger partial charge in [0.05, 0.1) is 24.3 Å². The Morgan fingerprint density at radius 3 is 2.31 bits per heavy atom. The Labute approximate surface area is 167 Å². The van der Waals surface area contributed by atoms with E-state index in [0.29, 0.717) is 6.42 Å². The van der Waals surface area contributed by atoms with Crippen molar-refractivity contribution >= 4 is 17.7 Å². The first-order valence-corrected chi connectivity index (χ1v) is 9.23. The monoisotopic (exact) mass is 408 g/mol. The highest BCUT2D eigenvalue weighted by molar-refractivity contribution is 5.90. The van der Waals surface area contributed by atoms with Gasteiger partial charge in [-0.05, 0) is 31.0 Å². The molecule has 2 rings (SSSR count). The number of benzene rings is 2. The average molecular weight is 408 g/mol. The molecule has 0 bridgehead atoms. The predicted octanol–water partition coefficient (Wildman–Crippen LogP) is 4.74. The fraction of sp³-hybridized carbons (Fsp3) is 0.333. The second-order valence-corrected chi connectivity index (χ2v) is 6.25. The second kappa shape index (κ2) is 10.5. The molecule has 0 aliphatic carbocycles. The number of carbonyl (C=O) groups excluding carboxylic acids is 2. The number of nitrogens with one attached hydrogen (secondary N) is 1. The van der Waals surface area contributed by atoms with Crippen molar-refractivity contribution in [2.75, 3.05) is 25.0 Å². The molecule has 29 heavy (non-hydrogen) atoms. The number of esters is 1. The maximum absolute atomic E-state index is 13.2. The lowest BCUT2D eigenvalue weighted by Gasteiger charge is -2.24. The quantitative estimate of drug-likeness (QED) is 0.642. The van der Waals surface area contributed by atoms with E-state index in [2.05, 4.69) is 5.32 Å². The molecule has 0 saturated heterocycles. The van der Waals surface area contributed by atoms with Crippen LogP contribution in [0.25, 0.3) is 0 Å². The van der Waals surface area contributed by atoms with Crippen LogP contribution >= 0.6 is 0 Å². The van der Waals surface area contributed by atoms with Crippen LogP contribution in [0, 0.1) is 0 Å². The molecule has 0 aliphatic rings. The van der Waals surface area contributed by atoms with Gasteiger partial charge in [-0.2, -0.15) is 13.2 Å². The summed E-state index contributed by atoms with van der Waals surface area (Å²) in [5.74, 6) is -0.472. The second-order valence-electron chi connectivity index (χ2n) is 6.25. The molecule has 2 aromatic rings. The van der Waals surface area contributed by atoms with E-state index in [1.165, 1.54) is 23.1 Å². The van der Waals surface area contributed by atoms with Gasteiger partial charge in [0.15, 0.2) is 0 Å². The smallest absolute Gasteiger partial charge is 0.418 e. The number of urea groups is 1. The molecule has 5 nitrogen and oxygen atoms in total. The largest absolute Gasteiger partial charge is 0.466 e. The van der Waals surface area contributed by atoms with Gasteiger partial charge in [-0.25, -0.2) is 4.79 Å². The van der Waals surface area contributed by atoms with Gasteiger partial charge in [-0.3, -0.25) is 4.79 Å². The van der Waals surface area contributed by atoms with Gasteiger partial charge in [-0.15, -0.1) is 0 Å². The first-order valence-electron chi connectivity index (χ1n) is 9.23. The Balaban J connectivity index is 2.12. The molecule has 0 heterocycles. The lowest BCUT2D eigenvalue weighted by Crippen LogP contribution is -2.38. The molecule has 0 spiro atoms. The Hall–Kier alpha value is -3.03. The topological polar surface area (TPSA) is 58.6 Å². The first-order chi connectivity index (χ1) is 13.8. The summed E-state index contributed by atoms with van der Waals surface area (Å²) in [6.45, 7) is 2.16. The number of carbonyl (C=O) groups is 2. The minimum absolute atomic E-state index is 0.0334. The average Bonchev–Trinajstić information content (AvgIpc) is 2.68. The Morgan fingerprint density at radius 2 is 1.66 bits per heavy atom. The highest BCUT2D eigenvalue weighted by Gasteiger charge is 2.33. The van der Waals surface area contributed by atoms with Gasteiger partial charge in [0.25, 0.3) is 0 Å². The summed E-state index contributed by atoms with van der Waals surface area (Å²) in [6.07, 6.45) is -4.14. The lowest BCUT2D eigenvalue weighted by atomic mass is 10.1. The number of ether oxygens (including phenoxy) is 1. The lowest BCUT2D eigenvalue weighted by molar-refractivity contribution is -0.143. The minimum Gasteiger partial charge on any atom is -0.466 e. The Bertz CT molecular complexity index is 810. The zero-order valence-corrected chi connectivity index (χ0v) is 16.0. The summed E-state index contributed by atoms with van der Waals surface area (Å²) < 4.78 is 44.4. The van der Waals surface area contributed by atoms with Crippen LogP contribution in [-0.2, 0) is 22.1 Å². The number of para-hydroxylation sites is 1. The van der Waals surface area contributed by atoms with Gasteiger partial charge in [0.2, 0.25) is 0 Å². The first kappa shape index (κ1) is 22.3. The summed E-state index contributed by atoms with van der Waals surface area (Å²) in [5.41, 5.74) is -0.287. The van der Waals surface area contributed by atoms with Crippen LogP contribution in [-0.4, -0.2) is 36.6 Å². The number of halogens is 3. The Morgan fingerprint density at radius 1 is 1.00 bits per heavy atom. The van der Waals surface area contributed by atoms with Crippen LogP contribution in [0.2, 0.25) is 0 Å². The third-order valence-electron chi connectivity index (χ3n) is 4.17. The minimum atomic E-state index is -4.59. The molecule has 156 valence electrons. The number of nitrogens with zero attached hydrogens (tertiary/aromatic N) is 1. The third-order valence-corrected chi connectivity index (χ3v) is 4.17. The van der Waals surface area contributed by atoms with Gasteiger partial charge in [0.1, 0.15) is 0 Å². The van der Waals surface area contributed by atoms with E-state index < -0.39 is 23.7 Å². The third kappa shape index (κ3) is 7.14. The molecule has 0 aliphatic heterocycles. The van der Waals surface area contributed by atoms with Gasteiger partial charge >= 0.3 is 18.2 Å². The number of rotatable bonds is 8. The zero-order valence-electron chi connectivity index (χ0n) is 16.0. The van der Waals surface area contributed by atoms with Crippen LogP contribution in [0.5, 0.6) is 0 Å². The number of hydrogen-bond donors (Lipinski definition) is 1. The Kier molecular flexibility index (Phi) is 8.06. The summed E-state index contributed by atoms with van der Waals surface area (Å²) >= 11 is 0. The number of hydrogen-bond acceptors (Lipinski definition) is 3. The molecule has 0 fully saturated rings. The van der Waals surface area contributed by atoms with Crippen molar-refractivity contribution in [2.45, 2.75) is 25.9 Å². The van der Waals surface area contributed by atoms with Gasteiger partial charge in [-0.1, -0.05) is 42.5 Å². The number of anilines is 1. The molecule has 2 aromatic carbocycles. The molecule has 2 amide bonds. The molecule has 0 radical (unpaired) electrons. The normalized spacial score (nSPS) is 11.0. The molecule has 1 N–H and O–H groups in total. The summed E-state index contributed by atoms with van der Waals surface area (Å²) in [7, 11) is 0. The highest BCUT2D eigenvalue weighted by Crippen LogP contribution is 2.34. The maximum atomic E-state index is 13.2. The van der Waals surface area contributed by atoms with E-state index in [4.69, 9.17) is 4.74 Å². The van der Waals surface area contributed by atoms with Crippen molar-refractivity contribution < 1.29 is 27.5 Å². The molecular weight excluding hydrogens is 385 g/mol.